The number of aromatic nitrogens is 2. The number of piperidine rings is 1. The van der Waals surface area contributed by atoms with Crippen molar-refractivity contribution >= 4 is 6.09 Å². The van der Waals surface area contributed by atoms with Crippen LogP contribution in [0.5, 0.6) is 0 Å². The van der Waals surface area contributed by atoms with Crippen molar-refractivity contribution in [1.29, 1.82) is 0 Å². The summed E-state index contributed by atoms with van der Waals surface area (Å²) in [5.41, 5.74) is 0.370. The van der Waals surface area contributed by atoms with Crippen LogP contribution in [0.4, 0.5) is 4.79 Å². The third kappa shape index (κ3) is 5.60. The summed E-state index contributed by atoms with van der Waals surface area (Å²) in [6, 6.07) is 0. The molecule has 2 rings (SSSR count). The van der Waals surface area contributed by atoms with E-state index in [0.29, 0.717) is 25.7 Å². The first kappa shape index (κ1) is 16.7. The molecule has 0 aromatic carbocycles. The van der Waals surface area contributed by atoms with Crippen molar-refractivity contribution < 1.29 is 14.3 Å². The molecular formula is C16H25N3O3. The fraction of sp³-hybridized carbons (Fsp3) is 0.688. The summed E-state index contributed by atoms with van der Waals surface area (Å²) in [4.78, 5) is 22.1. The molecule has 0 unspecified atom stereocenters. The van der Waals surface area contributed by atoms with Crippen LogP contribution in [0.15, 0.2) is 18.6 Å². The van der Waals surface area contributed by atoms with E-state index in [2.05, 4.69) is 9.97 Å². The molecule has 6 heteroatoms. The first-order valence-electron chi connectivity index (χ1n) is 7.74. The van der Waals surface area contributed by atoms with Gasteiger partial charge in [-0.05, 0) is 33.6 Å². The van der Waals surface area contributed by atoms with Gasteiger partial charge in [-0.1, -0.05) is 0 Å². The van der Waals surface area contributed by atoms with Gasteiger partial charge >= 0.3 is 6.09 Å². The maximum atomic E-state index is 12.1. The zero-order valence-corrected chi connectivity index (χ0v) is 13.6. The van der Waals surface area contributed by atoms with Crippen molar-refractivity contribution in [2.75, 3.05) is 19.7 Å². The molecule has 0 spiro atoms. The van der Waals surface area contributed by atoms with Gasteiger partial charge in [-0.15, -0.1) is 0 Å². The summed E-state index contributed by atoms with van der Waals surface area (Å²) in [6.07, 6.45) is 6.82. The van der Waals surface area contributed by atoms with Crippen molar-refractivity contribution in [2.24, 2.45) is 5.92 Å². The highest BCUT2D eigenvalue weighted by Gasteiger charge is 2.27. The highest BCUT2D eigenvalue weighted by Crippen LogP contribution is 2.19. The van der Waals surface area contributed by atoms with E-state index in [1.165, 1.54) is 0 Å². The van der Waals surface area contributed by atoms with Gasteiger partial charge < -0.3 is 14.4 Å². The van der Waals surface area contributed by atoms with E-state index in [9.17, 15) is 4.79 Å². The van der Waals surface area contributed by atoms with Crippen LogP contribution in [0.25, 0.3) is 0 Å². The average Bonchev–Trinajstić information content (AvgIpc) is 2.47. The number of hydrogen-bond donors (Lipinski definition) is 0. The molecule has 0 radical (unpaired) electrons. The van der Waals surface area contributed by atoms with Crippen molar-refractivity contribution in [1.82, 2.24) is 14.9 Å². The largest absolute Gasteiger partial charge is 0.444 e. The third-order valence-electron chi connectivity index (χ3n) is 3.39. The van der Waals surface area contributed by atoms with E-state index < -0.39 is 5.60 Å². The lowest BCUT2D eigenvalue weighted by atomic mass is 9.99. The topological polar surface area (TPSA) is 64.5 Å². The van der Waals surface area contributed by atoms with Gasteiger partial charge in [0, 0.05) is 31.4 Å². The minimum atomic E-state index is -0.452. The number of rotatable bonds is 4. The minimum absolute atomic E-state index is 0.230. The van der Waals surface area contributed by atoms with Crippen LogP contribution in [-0.2, 0) is 16.1 Å². The molecule has 1 aliphatic heterocycles. The van der Waals surface area contributed by atoms with Gasteiger partial charge in [0.1, 0.15) is 5.60 Å². The normalized spacial score (nSPS) is 19.0. The van der Waals surface area contributed by atoms with Gasteiger partial charge in [0.2, 0.25) is 0 Å². The highest BCUT2D eigenvalue weighted by atomic mass is 16.6. The molecule has 1 amide bonds. The first-order valence-corrected chi connectivity index (χ1v) is 7.74. The Hall–Kier alpha value is -1.69. The van der Waals surface area contributed by atoms with Gasteiger partial charge in [-0.25, -0.2) is 4.79 Å². The van der Waals surface area contributed by atoms with Crippen LogP contribution in [0, 0.1) is 5.92 Å². The summed E-state index contributed by atoms with van der Waals surface area (Å²) in [5.74, 6) is 0.345. The van der Waals surface area contributed by atoms with Crippen molar-refractivity contribution in [3.05, 3.63) is 24.3 Å². The molecule has 1 aromatic rings. The molecule has 0 aliphatic carbocycles. The summed E-state index contributed by atoms with van der Waals surface area (Å²) in [6.45, 7) is 8.18. The Bertz CT molecular complexity index is 473. The lowest BCUT2D eigenvalue weighted by Gasteiger charge is -2.34. The molecular weight excluding hydrogens is 282 g/mol. The summed E-state index contributed by atoms with van der Waals surface area (Å²) in [5, 5.41) is 0. The monoisotopic (exact) mass is 307 g/mol. The first-order chi connectivity index (χ1) is 10.4. The SMILES string of the molecule is CC(C)(C)OC(=O)N1CCC[C@@H](COCc2cnccn2)C1. The molecule has 6 nitrogen and oxygen atoms in total. The van der Waals surface area contributed by atoms with E-state index in [1.807, 2.05) is 20.8 Å². The Morgan fingerprint density at radius 2 is 2.23 bits per heavy atom. The average molecular weight is 307 g/mol. The molecule has 122 valence electrons. The number of ether oxygens (including phenoxy) is 2. The van der Waals surface area contributed by atoms with Crippen LogP contribution in [-0.4, -0.2) is 46.3 Å². The van der Waals surface area contributed by atoms with E-state index in [4.69, 9.17) is 9.47 Å². The maximum Gasteiger partial charge on any atom is 0.410 e. The number of carbonyl (C=O) groups is 1. The second kappa shape index (κ2) is 7.54. The van der Waals surface area contributed by atoms with Crippen LogP contribution < -0.4 is 0 Å². The second-order valence-corrected chi connectivity index (χ2v) is 6.65. The molecule has 22 heavy (non-hydrogen) atoms. The van der Waals surface area contributed by atoms with E-state index >= 15 is 0 Å². The molecule has 0 bridgehead atoms. The number of hydrogen-bond acceptors (Lipinski definition) is 5. The van der Waals surface area contributed by atoms with Crippen LogP contribution in [0.2, 0.25) is 0 Å². The van der Waals surface area contributed by atoms with Gasteiger partial charge in [-0.3, -0.25) is 9.97 Å². The van der Waals surface area contributed by atoms with E-state index in [1.54, 1.807) is 23.5 Å². The van der Waals surface area contributed by atoms with Crippen molar-refractivity contribution in [3.8, 4) is 0 Å². The van der Waals surface area contributed by atoms with Gasteiger partial charge in [0.15, 0.2) is 0 Å². The molecule has 1 aliphatic rings. The number of nitrogens with zero attached hydrogens (tertiary/aromatic N) is 3. The fourth-order valence-electron chi connectivity index (χ4n) is 2.43. The van der Waals surface area contributed by atoms with E-state index in [0.717, 1.165) is 25.1 Å². The third-order valence-corrected chi connectivity index (χ3v) is 3.39. The zero-order chi connectivity index (χ0) is 16.0. The summed E-state index contributed by atoms with van der Waals surface area (Å²) >= 11 is 0. The standard InChI is InChI=1S/C16H25N3O3/c1-16(2,3)22-15(20)19-8-4-5-13(10-19)11-21-12-14-9-17-6-7-18-14/h6-7,9,13H,4-5,8,10-12H2,1-3H3/t13-/m1/s1. The Morgan fingerprint density at radius 1 is 1.41 bits per heavy atom. The van der Waals surface area contributed by atoms with Crippen molar-refractivity contribution in [3.63, 3.8) is 0 Å². The molecule has 2 heterocycles. The lowest BCUT2D eigenvalue weighted by molar-refractivity contribution is 0.00566. The zero-order valence-electron chi connectivity index (χ0n) is 13.6. The Kier molecular flexibility index (Phi) is 5.71. The fourth-order valence-corrected chi connectivity index (χ4v) is 2.43. The molecule has 0 saturated carbocycles. The van der Waals surface area contributed by atoms with Crippen LogP contribution >= 0.6 is 0 Å². The minimum Gasteiger partial charge on any atom is -0.444 e. The Morgan fingerprint density at radius 3 is 2.91 bits per heavy atom. The molecule has 1 saturated heterocycles. The summed E-state index contributed by atoms with van der Waals surface area (Å²) in [7, 11) is 0. The van der Waals surface area contributed by atoms with Crippen molar-refractivity contribution in [2.45, 2.75) is 45.8 Å². The number of likely N-dealkylation sites (tertiary alicyclic amines) is 1. The smallest absolute Gasteiger partial charge is 0.410 e. The van der Waals surface area contributed by atoms with Crippen LogP contribution in [0.3, 0.4) is 0 Å². The lowest BCUT2D eigenvalue weighted by Crippen LogP contribution is -2.43. The van der Waals surface area contributed by atoms with E-state index in [-0.39, 0.29) is 6.09 Å². The molecule has 1 fully saturated rings. The second-order valence-electron chi connectivity index (χ2n) is 6.65. The van der Waals surface area contributed by atoms with Gasteiger partial charge in [0.25, 0.3) is 0 Å². The van der Waals surface area contributed by atoms with Crippen LogP contribution in [0.1, 0.15) is 39.3 Å². The van der Waals surface area contributed by atoms with Gasteiger partial charge in [-0.2, -0.15) is 0 Å². The maximum absolute atomic E-state index is 12.1. The number of carbonyl (C=O) groups excluding carboxylic acids is 1. The van der Waals surface area contributed by atoms with Gasteiger partial charge in [0.05, 0.1) is 25.1 Å². The highest BCUT2D eigenvalue weighted by molar-refractivity contribution is 5.68. The predicted molar refractivity (Wildman–Crippen MR) is 82.2 cm³/mol. The summed E-state index contributed by atoms with van der Waals surface area (Å²) < 4.78 is 11.1. The quantitative estimate of drug-likeness (QED) is 0.855. The number of amides is 1. The Balaban J connectivity index is 1.75. The molecule has 1 atom stereocenters. The molecule has 0 N–H and O–H groups in total. The molecule has 1 aromatic heterocycles. The predicted octanol–water partition coefficient (Wildman–Crippen LogP) is 2.64. The Labute approximate surface area is 131 Å².